The summed E-state index contributed by atoms with van der Waals surface area (Å²) in [7, 11) is 1.50. The zero-order valence-corrected chi connectivity index (χ0v) is 11.1. The molecule has 2 aromatic carbocycles. The third-order valence-corrected chi connectivity index (χ3v) is 2.79. The first-order valence-electron chi connectivity index (χ1n) is 6.22. The van der Waals surface area contributed by atoms with E-state index in [9.17, 15) is 9.59 Å². The summed E-state index contributed by atoms with van der Waals surface area (Å²) < 4.78 is 5.11. The Hall–Kier alpha value is -2.62. The van der Waals surface area contributed by atoms with E-state index in [0.29, 0.717) is 17.0 Å². The minimum Gasteiger partial charge on any atom is -0.496 e. The van der Waals surface area contributed by atoms with Crippen LogP contribution in [0.25, 0.3) is 0 Å². The molecule has 0 aliphatic carbocycles. The van der Waals surface area contributed by atoms with E-state index < -0.39 is 0 Å². The van der Waals surface area contributed by atoms with Crippen molar-refractivity contribution in [1.29, 1.82) is 0 Å². The number of anilines is 1. The van der Waals surface area contributed by atoms with Crippen LogP contribution in [0.1, 0.15) is 16.8 Å². The van der Waals surface area contributed by atoms with Crippen LogP contribution in [-0.2, 0) is 4.79 Å². The van der Waals surface area contributed by atoms with Crippen molar-refractivity contribution in [2.75, 3.05) is 12.4 Å². The predicted octanol–water partition coefficient (Wildman–Crippen LogP) is 2.91. The topological polar surface area (TPSA) is 55.4 Å². The smallest absolute Gasteiger partial charge is 0.232 e. The van der Waals surface area contributed by atoms with Gasteiger partial charge < -0.3 is 10.1 Å². The quantitative estimate of drug-likeness (QED) is 0.670. The number of ketones is 1. The summed E-state index contributed by atoms with van der Waals surface area (Å²) in [5.41, 5.74) is 1.09. The second kappa shape index (κ2) is 6.52. The number of hydrogen-bond donors (Lipinski definition) is 1. The molecule has 0 aliphatic rings. The van der Waals surface area contributed by atoms with E-state index in [0.717, 1.165) is 0 Å². The lowest BCUT2D eigenvalue weighted by Crippen LogP contribution is -2.17. The van der Waals surface area contributed by atoms with Crippen molar-refractivity contribution in [1.82, 2.24) is 0 Å². The van der Waals surface area contributed by atoms with E-state index in [2.05, 4.69) is 5.32 Å². The highest BCUT2D eigenvalue weighted by Crippen LogP contribution is 2.19. The van der Waals surface area contributed by atoms with Crippen molar-refractivity contribution in [3.63, 3.8) is 0 Å². The molecule has 4 nitrogen and oxygen atoms in total. The highest BCUT2D eigenvalue weighted by molar-refractivity contribution is 6.12. The Morgan fingerprint density at radius 2 is 1.65 bits per heavy atom. The van der Waals surface area contributed by atoms with E-state index in [1.165, 1.54) is 7.11 Å². The summed E-state index contributed by atoms with van der Waals surface area (Å²) in [4.78, 5) is 23.9. The molecule has 2 rings (SSSR count). The van der Waals surface area contributed by atoms with Gasteiger partial charge in [0.1, 0.15) is 5.75 Å². The number of amides is 1. The van der Waals surface area contributed by atoms with Crippen LogP contribution in [0, 0.1) is 0 Å². The van der Waals surface area contributed by atoms with Gasteiger partial charge in [-0.1, -0.05) is 30.3 Å². The van der Waals surface area contributed by atoms with Gasteiger partial charge in [-0.05, 0) is 24.3 Å². The average molecular weight is 269 g/mol. The molecule has 0 atom stereocenters. The van der Waals surface area contributed by atoms with Gasteiger partial charge in [0.15, 0.2) is 5.78 Å². The van der Waals surface area contributed by atoms with E-state index in [1.807, 2.05) is 18.2 Å². The minimum atomic E-state index is -0.341. The van der Waals surface area contributed by atoms with E-state index in [1.54, 1.807) is 36.4 Å². The molecule has 102 valence electrons. The molecule has 0 saturated heterocycles. The first-order chi connectivity index (χ1) is 9.70. The van der Waals surface area contributed by atoms with Gasteiger partial charge in [0.05, 0.1) is 19.1 Å². The van der Waals surface area contributed by atoms with E-state index in [-0.39, 0.29) is 18.1 Å². The van der Waals surface area contributed by atoms with Crippen molar-refractivity contribution in [2.24, 2.45) is 0 Å². The van der Waals surface area contributed by atoms with Crippen molar-refractivity contribution in [3.8, 4) is 5.75 Å². The van der Waals surface area contributed by atoms with Gasteiger partial charge in [-0.15, -0.1) is 0 Å². The molecule has 1 amide bonds. The lowest BCUT2D eigenvalue weighted by atomic mass is 10.1. The summed E-state index contributed by atoms with van der Waals surface area (Å²) in [5.74, 6) is -0.131. The Balaban J connectivity index is 2.02. The summed E-state index contributed by atoms with van der Waals surface area (Å²) in [6, 6.07) is 15.9. The van der Waals surface area contributed by atoms with Gasteiger partial charge in [0.25, 0.3) is 0 Å². The van der Waals surface area contributed by atoms with Crippen LogP contribution in [0.2, 0.25) is 0 Å². The Kier molecular flexibility index (Phi) is 4.50. The maximum Gasteiger partial charge on any atom is 0.232 e. The van der Waals surface area contributed by atoms with Gasteiger partial charge in [0, 0.05) is 5.69 Å². The molecule has 0 spiro atoms. The van der Waals surface area contributed by atoms with Gasteiger partial charge in [-0.25, -0.2) is 0 Å². The number of nitrogens with one attached hydrogen (secondary N) is 1. The SMILES string of the molecule is COc1ccccc1C(=O)CC(=O)Nc1ccccc1. The second-order valence-electron chi connectivity index (χ2n) is 4.21. The van der Waals surface area contributed by atoms with Crippen LogP contribution in [0.4, 0.5) is 5.69 Å². The number of carbonyl (C=O) groups excluding carboxylic acids is 2. The fourth-order valence-corrected chi connectivity index (χ4v) is 1.84. The number of hydrogen-bond acceptors (Lipinski definition) is 3. The molecular formula is C16H15NO3. The zero-order chi connectivity index (χ0) is 14.4. The summed E-state index contributed by atoms with van der Waals surface area (Å²) in [6.07, 6.45) is -0.213. The fourth-order valence-electron chi connectivity index (χ4n) is 1.84. The Morgan fingerprint density at radius 3 is 2.35 bits per heavy atom. The van der Waals surface area contributed by atoms with Crippen LogP contribution < -0.4 is 10.1 Å². The van der Waals surface area contributed by atoms with Crippen molar-refractivity contribution >= 4 is 17.4 Å². The number of carbonyl (C=O) groups is 2. The van der Waals surface area contributed by atoms with Crippen LogP contribution in [-0.4, -0.2) is 18.8 Å². The largest absolute Gasteiger partial charge is 0.496 e. The van der Waals surface area contributed by atoms with Gasteiger partial charge >= 0.3 is 0 Å². The Bertz CT molecular complexity index is 608. The molecule has 2 aromatic rings. The molecule has 0 radical (unpaired) electrons. The molecule has 0 aliphatic heterocycles. The molecule has 0 bridgehead atoms. The van der Waals surface area contributed by atoms with Gasteiger partial charge in [0.2, 0.25) is 5.91 Å². The Labute approximate surface area is 117 Å². The van der Waals surface area contributed by atoms with E-state index >= 15 is 0 Å². The number of benzene rings is 2. The molecule has 20 heavy (non-hydrogen) atoms. The fraction of sp³-hybridized carbons (Fsp3) is 0.125. The predicted molar refractivity (Wildman–Crippen MR) is 77.0 cm³/mol. The third kappa shape index (κ3) is 3.45. The number of para-hydroxylation sites is 2. The van der Waals surface area contributed by atoms with Gasteiger partial charge in [-0.2, -0.15) is 0 Å². The highest BCUT2D eigenvalue weighted by atomic mass is 16.5. The summed E-state index contributed by atoms with van der Waals surface area (Å²) in [6.45, 7) is 0. The van der Waals surface area contributed by atoms with Crippen molar-refractivity contribution in [3.05, 3.63) is 60.2 Å². The lowest BCUT2D eigenvalue weighted by molar-refractivity contribution is -0.115. The van der Waals surface area contributed by atoms with E-state index in [4.69, 9.17) is 4.74 Å². The Morgan fingerprint density at radius 1 is 1.00 bits per heavy atom. The first kappa shape index (κ1) is 13.8. The van der Waals surface area contributed by atoms with Crippen LogP contribution in [0.5, 0.6) is 5.75 Å². The molecule has 0 saturated carbocycles. The molecule has 0 unspecified atom stereocenters. The maximum absolute atomic E-state index is 12.1. The minimum absolute atomic E-state index is 0.213. The standard InChI is InChI=1S/C16H15NO3/c1-20-15-10-6-5-9-13(15)14(18)11-16(19)17-12-7-3-2-4-8-12/h2-10H,11H2,1H3,(H,17,19). The average Bonchev–Trinajstić information content (AvgIpc) is 2.48. The van der Waals surface area contributed by atoms with Crippen LogP contribution in [0.15, 0.2) is 54.6 Å². The van der Waals surface area contributed by atoms with Crippen LogP contribution in [0.3, 0.4) is 0 Å². The van der Waals surface area contributed by atoms with Crippen molar-refractivity contribution < 1.29 is 14.3 Å². The van der Waals surface area contributed by atoms with Gasteiger partial charge in [-0.3, -0.25) is 9.59 Å². The number of rotatable bonds is 5. The molecule has 1 N–H and O–H groups in total. The monoisotopic (exact) mass is 269 g/mol. The molecular weight excluding hydrogens is 254 g/mol. The van der Waals surface area contributed by atoms with Crippen LogP contribution >= 0.6 is 0 Å². The summed E-state index contributed by atoms with van der Waals surface area (Å²) in [5, 5.41) is 2.68. The highest BCUT2D eigenvalue weighted by Gasteiger charge is 2.15. The number of Topliss-reactive ketones (excluding diaryl/α,β-unsaturated/α-hetero) is 1. The normalized spacial score (nSPS) is 9.85. The van der Waals surface area contributed by atoms with Crippen molar-refractivity contribution in [2.45, 2.75) is 6.42 Å². The number of methoxy groups -OCH3 is 1. The molecule has 4 heteroatoms. The molecule has 0 fully saturated rings. The lowest BCUT2D eigenvalue weighted by Gasteiger charge is -2.07. The molecule has 0 aromatic heterocycles. The molecule has 0 heterocycles. The number of ether oxygens (including phenoxy) is 1. The summed E-state index contributed by atoms with van der Waals surface area (Å²) >= 11 is 0. The third-order valence-electron chi connectivity index (χ3n) is 2.79. The first-order valence-corrected chi connectivity index (χ1v) is 6.22. The maximum atomic E-state index is 12.1. The second-order valence-corrected chi connectivity index (χ2v) is 4.21. The zero-order valence-electron chi connectivity index (χ0n) is 11.1.